The summed E-state index contributed by atoms with van der Waals surface area (Å²) in [4.78, 5) is 3.55. The Hall–Kier alpha value is -1.84. The Morgan fingerprint density at radius 1 is 1.31 bits per heavy atom. The minimum absolute atomic E-state index is 0.472. The third-order valence-corrected chi connectivity index (χ3v) is 1.65. The van der Waals surface area contributed by atoms with Crippen LogP contribution in [-0.4, -0.2) is 4.98 Å². The van der Waals surface area contributed by atoms with Gasteiger partial charge in [-0.2, -0.15) is 4.39 Å². The Kier molecular flexibility index (Phi) is 1.96. The molecule has 0 saturated heterocycles. The molecule has 3 nitrogen and oxygen atoms in total. The molecule has 0 bridgehead atoms. The predicted molar refractivity (Wildman–Crippen MR) is 48.1 cm³/mol. The zero-order valence-corrected chi connectivity index (χ0v) is 6.81. The van der Waals surface area contributed by atoms with Crippen molar-refractivity contribution in [1.82, 2.24) is 10.4 Å². The maximum Gasteiger partial charge on any atom is 0.212 e. The van der Waals surface area contributed by atoms with E-state index >= 15 is 0 Å². The highest BCUT2D eigenvalue weighted by Gasteiger charge is 2.02. The van der Waals surface area contributed by atoms with E-state index in [9.17, 15) is 4.39 Å². The molecule has 0 amide bonds. The highest BCUT2D eigenvalue weighted by atomic mass is 19.1. The average molecular weight is 177 g/mol. The predicted octanol–water partition coefficient (Wildman–Crippen LogP) is 1.57. The number of rotatable bonds is 1. The number of aromatic nitrogens is 1. The van der Waals surface area contributed by atoms with Crippen molar-refractivity contribution >= 4 is 5.69 Å². The lowest BCUT2D eigenvalue weighted by molar-refractivity contribution is 0.583. The fourth-order valence-electron chi connectivity index (χ4n) is 1.03. The van der Waals surface area contributed by atoms with E-state index in [1.54, 1.807) is 17.3 Å². The molecule has 4 heteroatoms. The number of nitrogens with one attached hydrogen (secondary N) is 1. The zero-order valence-electron chi connectivity index (χ0n) is 6.81. The van der Waals surface area contributed by atoms with Crippen LogP contribution in [0.4, 0.5) is 10.1 Å². The van der Waals surface area contributed by atoms with Crippen molar-refractivity contribution in [2.24, 2.45) is 0 Å². The Labute approximate surface area is 75.2 Å². The van der Waals surface area contributed by atoms with Gasteiger partial charge >= 0.3 is 0 Å². The number of nitrogens with zero attached hydrogens (tertiary/aromatic N) is 2. The molecule has 0 aromatic carbocycles. The highest BCUT2D eigenvalue weighted by Crippen LogP contribution is 2.12. The molecule has 0 fully saturated rings. The molecule has 0 radical (unpaired) electrons. The van der Waals surface area contributed by atoms with Crippen LogP contribution in [0.1, 0.15) is 0 Å². The van der Waals surface area contributed by atoms with Crippen LogP contribution in [0, 0.1) is 5.95 Å². The fraction of sp³-hybridized carbons (Fsp3) is 0. The quantitative estimate of drug-likeness (QED) is 0.660. The van der Waals surface area contributed by atoms with E-state index in [0.29, 0.717) is 0 Å². The number of hydrazine groups is 1. The van der Waals surface area contributed by atoms with E-state index in [4.69, 9.17) is 0 Å². The summed E-state index contributed by atoms with van der Waals surface area (Å²) < 4.78 is 12.5. The summed E-state index contributed by atoms with van der Waals surface area (Å²) in [5.41, 5.74) is 3.75. The van der Waals surface area contributed by atoms with Crippen LogP contribution in [0.25, 0.3) is 0 Å². The van der Waals surface area contributed by atoms with Crippen molar-refractivity contribution in [3.63, 3.8) is 0 Å². The van der Waals surface area contributed by atoms with Crippen LogP contribution in [0.3, 0.4) is 0 Å². The molecule has 0 saturated carbocycles. The fourth-order valence-corrected chi connectivity index (χ4v) is 1.03. The third-order valence-electron chi connectivity index (χ3n) is 1.65. The normalized spacial score (nSPS) is 14.4. The van der Waals surface area contributed by atoms with Crippen LogP contribution in [0.2, 0.25) is 0 Å². The first-order chi connectivity index (χ1) is 6.36. The number of pyridine rings is 1. The summed E-state index contributed by atoms with van der Waals surface area (Å²) in [6.07, 6.45) is 8.82. The largest absolute Gasteiger partial charge is 0.302 e. The van der Waals surface area contributed by atoms with Crippen molar-refractivity contribution in [3.05, 3.63) is 48.8 Å². The van der Waals surface area contributed by atoms with E-state index < -0.39 is 5.95 Å². The second-order valence-corrected chi connectivity index (χ2v) is 2.54. The monoisotopic (exact) mass is 177 g/mol. The molecule has 2 heterocycles. The first-order valence-corrected chi connectivity index (χ1v) is 3.86. The standard InChI is InChI=1S/C9H8FN3/c10-9-4-3-8(7-11-9)13-6-2-1-5-12-13/h1-7,12H. The van der Waals surface area contributed by atoms with Crippen molar-refractivity contribution in [1.29, 1.82) is 0 Å². The van der Waals surface area contributed by atoms with Crippen LogP contribution in [0.5, 0.6) is 0 Å². The van der Waals surface area contributed by atoms with Crippen molar-refractivity contribution in [3.8, 4) is 0 Å². The van der Waals surface area contributed by atoms with Gasteiger partial charge in [-0.25, -0.2) is 4.98 Å². The molecular formula is C9H8FN3. The Balaban J connectivity index is 2.21. The molecule has 1 aliphatic heterocycles. The number of allylic oxidation sites excluding steroid dienone is 2. The molecule has 0 spiro atoms. The molecule has 1 N–H and O–H groups in total. The molecule has 0 aliphatic carbocycles. The van der Waals surface area contributed by atoms with Crippen molar-refractivity contribution < 1.29 is 4.39 Å². The number of hydrogen-bond donors (Lipinski definition) is 1. The second kappa shape index (κ2) is 3.26. The van der Waals surface area contributed by atoms with Gasteiger partial charge in [0.15, 0.2) is 0 Å². The first-order valence-electron chi connectivity index (χ1n) is 3.86. The molecule has 0 atom stereocenters. The summed E-state index contributed by atoms with van der Waals surface area (Å²) in [6, 6.07) is 2.97. The lowest BCUT2D eigenvalue weighted by Crippen LogP contribution is -2.30. The van der Waals surface area contributed by atoms with E-state index in [1.165, 1.54) is 12.3 Å². The van der Waals surface area contributed by atoms with Crippen LogP contribution in [-0.2, 0) is 0 Å². The maximum atomic E-state index is 12.5. The SMILES string of the molecule is Fc1ccc(N2C=CC=CN2)cn1. The van der Waals surface area contributed by atoms with E-state index in [2.05, 4.69) is 10.4 Å². The van der Waals surface area contributed by atoms with Gasteiger partial charge in [0.1, 0.15) is 0 Å². The Morgan fingerprint density at radius 2 is 2.23 bits per heavy atom. The van der Waals surface area contributed by atoms with Crippen LogP contribution in [0.15, 0.2) is 42.9 Å². The Bertz CT molecular complexity index is 342. The third kappa shape index (κ3) is 1.66. The molecule has 13 heavy (non-hydrogen) atoms. The summed E-state index contributed by atoms with van der Waals surface area (Å²) in [5.74, 6) is -0.472. The zero-order chi connectivity index (χ0) is 9.10. The van der Waals surface area contributed by atoms with Crippen LogP contribution < -0.4 is 10.4 Å². The van der Waals surface area contributed by atoms with Gasteiger partial charge in [-0.05, 0) is 24.3 Å². The number of anilines is 1. The van der Waals surface area contributed by atoms with Crippen molar-refractivity contribution in [2.75, 3.05) is 5.01 Å². The van der Waals surface area contributed by atoms with Gasteiger partial charge in [-0.3, -0.25) is 5.01 Å². The van der Waals surface area contributed by atoms with E-state index in [1.807, 2.05) is 18.4 Å². The first kappa shape index (κ1) is 7.79. The summed E-state index contributed by atoms with van der Waals surface area (Å²) in [6.45, 7) is 0. The van der Waals surface area contributed by atoms with Gasteiger partial charge in [-0.15, -0.1) is 0 Å². The van der Waals surface area contributed by atoms with Crippen LogP contribution >= 0.6 is 0 Å². The van der Waals surface area contributed by atoms with Gasteiger partial charge < -0.3 is 5.43 Å². The molecule has 1 aromatic heterocycles. The molecule has 2 rings (SSSR count). The van der Waals surface area contributed by atoms with Crippen molar-refractivity contribution in [2.45, 2.75) is 0 Å². The van der Waals surface area contributed by atoms with Gasteiger partial charge in [0.05, 0.1) is 11.9 Å². The number of hydrogen-bond acceptors (Lipinski definition) is 3. The number of halogens is 1. The molecule has 66 valence electrons. The minimum atomic E-state index is -0.472. The Morgan fingerprint density at radius 3 is 2.85 bits per heavy atom. The molecule has 0 unspecified atom stereocenters. The van der Waals surface area contributed by atoms with Gasteiger partial charge in [0, 0.05) is 12.4 Å². The smallest absolute Gasteiger partial charge is 0.212 e. The molecule has 1 aliphatic rings. The lowest BCUT2D eigenvalue weighted by atomic mass is 10.4. The average Bonchev–Trinajstić information content (AvgIpc) is 2.20. The second-order valence-electron chi connectivity index (χ2n) is 2.54. The highest BCUT2D eigenvalue weighted by molar-refractivity contribution is 5.47. The topological polar surface area (TPSA) is 28.2 Å². The van der Waals surface area contributed by atoms with Gasteiger partial charge in [0.2, 0.25) is 5.95 Å². The van der Waals surface area contributed by atoms with Gasteiger partial charge in [0.25, 0.3) is 0 Å². The van der Waals surface area contributed by atoms with E-state index in [0.717, 1.165) is 5.69 Å². The lowest BCUT2D eigenvalue weighted by Gasteiger charge is -2.21. The molecule has 1 aromatic rings. The summed E-state index contributed by atoms with van der Waals surface area (Å²) in [7, 11) is 0. The minimum Gasteiger partial charge on any atom is -0.302 e. The molecular weight excluding hydrogens is 169 g/mol. The maximum absolute atomic E-state index is 12.5. The van der Waals surface area contributed by atoms with Gasteiger partial charge in [-0.1, -0.05) is 0 Å². The van der Waals surface area contributed by atoms with E-state index in [-0.39, 0.29) is 0 Å². The summed E-state index contributed by atoms with van der Waals surface area (Å²) in [5, 5.41) is 1.74. The summed E-state index contributed by atoms with van der Waals surface area (Å²) >= 11 is 0.